The van der Waals surface area contributed by atoms with Gasteiger partial charge in [-0.1, -0.05) is 48.0 Å². The smallest absolute Gasteiger partial charge is 0.347 e. The molecule has 2 fully saturated rings. The highest BCUT2D eigenvalue weighted by atomic mass is 35.5. The molecule has 0 unspecified atom stereocenters. The quantitative estimate of drug-likeness (QED) is 0.132. The van der Waals surface area contributed by atoms with Gasteiger partial charge in [-0.25, -0.2) is 32.9 Å². The van der Waals surface area contributed by atoms with E-state index in [2.05, 4.69) is 10.4 Å². The summed E-state index contributed by atoms with van der Waals surface area (Å²) in [6, 6.07) is 19.0. The number of imide groups is 1. The van der Waals surface area contributed by atoms with E-state index >= 15 is 4.79 Å². The zero-order chi connectivity index (χ0) is 45.2. The number of aryl methyl sites for hydroxylation is 2. The minimum atomic E-state index is -1.61. The van der Waals surface area contributed by atoms with Crippen molar-refractivity contribution in [2.45, 2.75) is 37.4 Å². The van der Waals surface area contributed by atoms with Crippen LogP contribution < -0.4 is 36.6 Å². The van der Waals surface area contributed by atoms with E-state index in [1.165, 1.54) is 65.6 Å². The SMILES string of the molecule is COc1cc(C=C[C@H]2C3=CCn4c(=O)n(CCc5nc6cc(OC)c(OC)cc6n(C)c5=O)c(=O)n4[C@@H]3C[C@H]3C(=O)N(Nc4ccc(F)cc4)C(=O)[C@@]23c2ccc(Cl)cc2)ccc1O. The maximum absolute atomic E-state index is 15.3. The number of phenolic OH excluding ortho intramolecular Hbond substituents is 1. The van der Waals surface area contributed by atoms with E-state index in [9.17, 15) is 28.7 Å². The number of phenols is 1. The van der Waals surface area contributed by atoms with Crippen LogP contribution >= 0.6 is 11.6 Å². The third-order valence-corrected chi connectivity index (χ3v) is 12.8. The third kappa shape index (κ3) is 6.56. The van der Waals surface area contributed by atoms with Crippen molar-refractivity contribution in [3.63, 3.8) is 0 Å². The van der Waals surface area contributed by atoms with Gasteiger partial charge >= 0.3 is 11.4 Å². The predicted molar refractivity (Wildman–Crippen MR) is 234 cm³/mol. The number of hydrogen-bond donors (Lipinski definition) is 2. The topological polar surface area (TPSA) is 181 Å². The van der Waals surface area contributed by atoms with Gasteiger partial charge in [0.05, 0.1) is 62.0 Å². The van der Waals surface area contributed by atoms with Crippen molar-refractivity contribution in [1.29, 1.82) is 0 Å². The molecule has 0 bridgehead atoms. The van der Waals surface area contributed by atoms with Gasteiger partial charge in [0, 0.05) is 43.1 Å². The van der Waals surface area contributed by atoms with Crippen molar-refractivity contribution in [3.8, 4) is 23.0 Å². The molecule has 16 nitrogen and oxygen atoms in total. The Bertz CT molecular complexity index is 3140. The number of amides is 2. The monoisotopic (exact) mass is 889 g/mol. The molecule has 4 heterocycles. The van der Waals surface area contributed by atoms with Crippen LogP contribution in [0.4, 0.5) is 10.1 Å². The average Bonchev–Trinajstić information content (AvgIpc) is 3.67. The molecule has 0 radical (unpaired) electrons. The van der Waals surface area contributed by atoms with Crippen LogP contribution in [0.15, 0.2) is 111 Å². The number of hydrogen-bond acceptors (Lipinski definition) is 11. The van der Waals surface area contributed by atoms with E-state index < -0.39 is 57.9 Å². The maximum Gasteiger partial charge on any atom is 0.347 e. The van der Waals surface area contributed by atoms with Gasteiger partial charge < -0.3 is 23.9 Å². The molecule has 9 rings (SSSR count). The maximum atomic E-state index is 15.3. The number of benzene rings is 4. The number of methoxy groups -OCH3 is 3. The number of ether oxygens (including phenoxy) is 3. The number of fused-ring (bicyclic) bond motifs is 5. The highest BCUT2D eigenvalue weighted by Gasteiger charge is 2.68. The summed E-state index contributed by atoms with van der Waals surface area (Å²) in [5.41, 5.74) is 2.60. The third-order valence-electron chi connectivity index (χ3n) is 12.6. The molecule has 1 aliphatic carbocycles. The standard InChI is InChI=1S/C46H41ClFN7O9/c1-51-36-24-40(64-4)39(63-3)23-34(36)49-33(42(51)58)18-19-52-44(60)53-20-17-30-31(15-5-25-6-16-37(56)38(21-25)62-2)46(26-7-9-27(47)10-8-26)32(22-35(30)55(53)45(52)61)41(57)54(43(46)59)50-29-13-11-28(48)12-14-29/h5-17,21,23-24,31-32,35,50,56H,18-20,22H2,1-4H3/t31-,32-,35+,46-/m0/s1. The van der Waals surface area contributed by atoms with E-state index in [4.69, 9.17) is 25.8 Å². The second-order valence-corrected chi connectivity index (χ2v) is 16.2. The van der Waals surface area contributed by atoms with Crippen LogP contribution in [0.5, 0.6) is 23.0 Å². The van der Waals surface area contributed by atoms with E-state index in [1.54, 1.807) is 67.7 Å². The van der Waals surface area contributed by atoms with Crippen LogP contribution in [0.25, 0.3) is 17.1 Å². The molecule has 6 aromatic rings. The summed E-state index contributed by atoms with van der Waals surface area (Å²) in [4.78, 5) is 77.2. The Kier molecular flexibility index (Phi) is 10.5. The number of rotatable bonds is 11. The fraction of sp³-hybridized carbons (Fsp3) is 0.261. The van der Waals surface area contributed by atoms with Crippen LogP contribution in [0.3, 0.4) is 0 Å². The Labute approximate surface area is 368 Å². The van der Waals surface area contributed by atoms with Gasteiger partial charge in [-0.3, -0.25) is 19.8 Å². The first kappa shape index (κ1) is 41.9. The van der Waals surface area contributed by atoms with Crippen molar-refractivity contribution in [1.82, 2.24) is 28.5 Å². The molecule has 2 aliphatic heterocycles. The van der Waals surface area contributed by atoms with Crippen molar-refractivity contribution >= 4 is 46.2 Å². The van der Waals surface area contributed by atoms with Crippen molar-refractivity contribution in [2.24, 2.45) is 18.9 Å². The van der Waals surface area contributed by atoms with Crippen molar-refractivity contribution in [2.75, 3.05) is 26.8 Å². The summed E-state index contributed by atoms with van der Waals surface area (Å²) in [5.74, 6) is -2.78. The molecule has 2 aromatic heterocycles. The number of carbonyl (C=O) groups excluding carboxylic acids is 2. The molecular formula is C46H41ClFN7O9. The van der Waals surface area contributed by atoms with Gasteiger partial charge in [0.15, 0.2) is 23.0 Å². The Hall–Kier alpha value is -7.40. The summed E-state index contributed by atoms with van der Waals surface area (Å²) in [6.45, 7) is -0.242. The first-order valence-corrected chi connectivity index (χ1v) is 20.6. The van der Waals surface area contributed by atoms with Gasteiger partial charge in [-0.05, 0) is 71.7 Å². The number of hydrazine groups is 1. The van der Waals surface area contributed by atoms with Gasteiger partial charge in [0.1, 0.15) is 11.5 Å². The molecule has 2 amide bonds. The first-order valence-electron chi connectivity index (χ1n) is 20.3. The van der Waals surface area contributed by atoms with E-state index in [0.29, 0.717) is 44.3 Å². The number of nitrogens with one attached hydrogen (secondary N) is 1. The van der Waals surface area contributed by atoms with Gasteiger partial charge in [-0.15, -0.1) is 0 Å². The Morgan fingerprint density at radius 2 is 1.61 bits per heavy atom. The highest BCUT2D eigenvalue weighted by molar-refractivity contribution is 6.30. The summed E-state index contributed by atoms with van der Waals surface area (Å²) < 4.78 is 35.3. The summed E-state index contributed by atoms with van der Waals surface area (Å²) in [5, 5.41) is 11.7. The lowest BCUT2D eigenvalue weighted by Gasteiger charge is -2.47. The molecule has 18 heteroatoms. The number of halogens is 2. The normalized spacial score (nSPS) is 20.2. The second kappa shape index (κ2) is 16.1. The molecule has 1 saturated heterocycles. The van der Waals surface area contributed by atoms with E-state index in [-0.39, 0.29) is 48.8 Å². The van der Waals surface area contributed by atoms with Crippen molar-refractivity contribution < 1.29 is 33.3 Å². The minimum Gasteiger partial charge on any atom is -0.504 e. The predicted octanol–water partition coefficient (Wildman–Crippen LogP) is 4.99. The van der Waals surface area contributed by atoms with Crippen LogP contribution in [0, 0.1) is 17.7 Å². The Morgan fingerprint density at radius 1 is 0.906 bits per heavy atom. The van der Waals surface area contributed by atoms with Crippen LogP contribution in [0.2, 0.25) is 5.02 Å². The fourth-order valence-corrected chi connectivity index (χ4v) is 9.62. The van der Waals surface area contributed by atoms with Crippen molar-refractivity contribution in [3.05, 3.63) is 156 Å². The lowest BCUT2D eigenvalue weighted by molar-refractivity contribution is -0.138. The first-order chi connectivity index (χ1) is 30.8. The number of aromatic hydroxyl groups is 1. The Balaban J connectivity index is 1.16. The zero-order valence-electron chi connectivity index (χ0n) is 35.0. The van der Waals surface area contributed by atoms with Crippen LogP contribution in [-0.4, -0.2) is 66.7 Å². The molecular weight excluding hydrogens is 849 g/mol. The van der Waals surface area contributed by atoms with Crippen LogP contribution in [-0.2, 0) is 41.6 Å². The molecule has 1 saturated carbocycles. The lowest BCUT2D eigenvalue weighted by atomic mass is 9.54. The number of allylic oxidation sites excluding steroid dienone is 3. The van der Waals surface area contributed by atoms with Gasteiger partial charge in [0.2, 0.25) is 0 Å². The molecule has 2 N–H and O–H groups in total. The molecule has 64 heavy (non-hydrogen) atoms. The van der Waals surface area contributed by atoms with E-state index in [1.807, 2.05) is 6.08 Å². The number of anilines is 1. The molecule has 4 atom stereocenters. The summed E-state index contributed by atoms with van der Waals surface area (Å²) in [6.07, 6.45) is 5.21. The molecule has 328 valence electrons. The van der Waals surface area contributed by atoms with Gasteiger partial charge in [0.25, 0.3) is 17.4 Å². The number of nitrogens with zero attached hydrogens (tertiary/aromatic N) is 6. The lowest BCUT2D eigenvalue weighted by Crippen LogP contribution is -2.54. The summed E-state index contributed by atoms with van der Waals surface area (Å²) in [7, 11) is 5.98. The van der Waals surface area contributed by atoms with Crippen LogP contribution in [0.1, 0.15) is 29.3 Å². The number of aromatic nitrogens is 5. The van der Waals surface area contributed by atoms with Gasteiger partial charge in [-0.2, -0.15) is 5.01 Å². The summed E-state index contributed by atoms with van der Waals surface area (Å²) >= 11 is 6.39. The molecule has 3 aliphatic rings. The minimum absolute atomic E-state index is 0.0526. The highest BCUT2D eigenvalue weighted by Crippen LogP contribution is 2.59. The molecule has 0 spiro atoms. The number of carbonyl (C=O) groups is 2. The zero-order valence-corrected chi connectivity index (χ0v) is 35.7. The largest absolute Gasteiger partial charge is 0.504 e. The average molecular weight is 890 g/mol. The van der Waals surface area contributed by atoms with E-state index in [0.717, 1.165) is 9.58 Å². The fourth-order valence-electron chi connectivity index (χ4n) is 9.50. The second-order valence-electron chi connectivity index (χ2n) is 15.8. The molecule has 4 aromatic carbocycles. The Morgan fingerprint density at radius 3 is 2.31 bits per heavy atom.